The molecule has 0 aliphatic carbocycles. The number of ether oxygens (including phenoxy) is 3. The van der Waals surface area contributed by atoms with Crippen molar-refractivity contribution in [2.45, 2.75) is 39.0 Å². The van der Waals surface area contributed by atoms with Crippen molar-refractivity contribution in [1.82, 2.24) is 30.5 Å². The maximum absolute atomic E-state index is 13.5. The maximum atomic E-state index is 13.5. The van der Waals surface area contributed by atoms with Crippen molar-refractivity contribution >= 4 is 35.0 Å². The van der Waals surface area contributed by atoms with E-state index in [0.29, 0.717) is 55.4 Å². The van der Waals surface area contributed by atoms with Crippen molar-refractivity contribution in [2.24, 2.45) is 5.41 Å². The van der Waals surface area contributed by atoms with Gasteiger partial charge in [0.05, 0.1) is 12.0 Å². The number of fused-ring (bicyclic) bond motifs is 17. The second kappa shape index (κ2) is 17.3. The van der Waals surface area contributed by atoms with E-state index >= 15 is 0 Å². The van der Waals surface area contributed by atoms with Crippen LogP contribution in [0, 0.1) is 5.41 Å². The average molecular weight is 653 g/mol. The third-order valence-corrected chi connectivity index (χ3v) is 8.32. The molecule has 2 aromatic heterocycles. The third kappa shape index (κ3) is 9.78. The lowest BCUT2D eigenvalue weighted by molar-refractivity contribution is -0.156. The molecule has 2 aliphatic rings. The van der Waals surface area contributed by atoms with Crippen LogP contribution < -0.4 is 15.4 Å². The van der Waals surface area contributed by atoms with E-state index in [1.165, 1.54) is 11.3 Å². The van der Waals surface area contributed by atoms with E-state index in [0.717, 1.165) is 5.56 Å². The molecule has 1 unspecified atom stereocenters. The molecule has 13 nitrogen and oxygen atoms in total. The molecule has 4 heterocycles. The number of methoxy groups -OCH3 is 1. The number of hydrogen-bond acceptors (Lipinski definition) is 11. The topological polar surface area (TPSA) is 162 Å². The summed E-state index contributed by atoms with van der Waals surface area (Å²) in [4.78, 5) is 66.9. The summed E-state index contributed by atoms with van der Waals surface area (Å²) in [5.41, 5.74) is 0.0204. The summed E-state index contributed by atoms with van der Waals surface area (Å²) in [6, 6.07) is 8.84. The number of hydrogen-bond donors (Lipinski definition) is 2. The Kier molecular flexibility index (Phi) is 13.0. The monoisotopic (exact) mass is 652 g/mol. The van der Waals surface area contributed by atoms with Gasteiger partial charge in [0.1, 0.15) is 11.4 Å². The lowest BCUT2D eigenvalue weighted by Crippen LogP contribution is -2.46. The number of thiazole rings is 1. The minimum absolute atomic E-state index is 0.0538. The molecule has 1 aromatic carbocycles. The quantitative estimate of drug-likeness (QED) is 0.363. The molecule has 5 rings (SSSR count). The SMILES string of the molecule is CCOC(=O)C1(CCOC)CNC(=O)CCCN(C(=O)c2csc(-c3ncccn3)n2)CCCNC(=O)COc2ccc(cc2)C1. The summed E-state index contributed by atoms with van der Waals surface area (Å²) >= 11 is 1.27. The molecule has 1 atom stereocenters. The van der Waals surface area contributed by atoms with E-state index < -0.39 is 11.4 Å². The number of carbonyl (C=O) groups excluding carboxylic acids is 4. The summed E-state index contributed by atoms with van der Waals surface area (Å²) in [5.74, 6) is -0.326. The standard InChI is InChI=1S/C32H40N6O7S/c1-3-44-31(42)32(12-18-43-2)19-23-8-10-24(11-9-23)45-20-27(40)33-15-6-17-38(16-4-7-26(39)36-22-32)30(41)25-21-46-29(37-25)28-34-13-5-14-35-28/h5,8-11,13-14,21H,3-4,6-7,12,15-20,22H2,1-2H3,(H,33,40)(H,36,39). The molecule has 46 heavy (non-hydrogen) atoms. The number of rotatable bonds is 7. The first-order valence-electron chi connectivity index (χ1n) is 15.3. The highest BCUT2D eigenvalue weighted by molar-refractivity contribution is 7.13. The van der Waals surface area contributed by atoms with Crippen LogP contribution in [0.4, 0.5) is 0 Å². The van der Waals surface area contributed by atoms with Crippen LogP contribution in [0.15, 0.2) is 48.1 Å². The minimum Gasteiger partial charge on any atom is -0.484 e. The van der Waals surface area contributed by atoms with Gasteiger partial charge in [-0.25, -0.2) is 15.0 Å². The average Bonchev–Trinajstić information content (AvgIpc) is 3.57. The van der Waals surface area contributed by atoms with E-state index in [2.05, 4.69) is 25.6 Å². The van der Waals surface area contributed by atoms with Gasteiger partial charge >= 0.3 is 5.97 Å². The van der Waals surface area contributed by atoms with Gasteiger partial charge in [-0.3, -0.25) is 19.2 Å². The van der Waals surface area contributed by atoms with Gasteiger partial charge in [0, 0.05) is 64.1 Å². The molecule has 0 spiro atoms. The van der Waals surface area contributed by atoms with E-state index in [-0.39, 0.29) is 62.7 Å². The molecule has 0 fully saturated rings. The Morgan fingerprint density at radius 1 is 1.07 bits per heavy atom. The predicted octanol–water partition coefficient (Wildman–Crippen LogP) is 2.67. The largest absolute Gasteiger partial charge is 0.484 e. The smallest absolute Gasteiger partial charge is 0.314 e. The molecule has 3 amide bonds. The van der Waals surface area contributed by atoms with Crippen molar-refractivity contribution in [1.29, 1.82) is 0 Å². The first kappa shape index (κ1) is 34.4. The number of esters is 1. The number of aromatic nitrogens is 3. The van der Waals surface area contributed by atoms with Gasteiger partial charge in [-0.05, 0) is 56.4 Å². The van der Waals surface area contributed by atoms with Crippen LogP contribution in [0.1, 0.15) is 48.7 Å². The molecule has 2 bridgehead atoms. The Bertz CT molecular complexity index is 1450. The van der Waals surface area contributed by atoms with Crippen LogP contribution in [-0.2, 0) is 30.3 Å². The summed E-state index contributed by atoms with van der Waals surface area (Å²) in [6.07, 6.45) is 4.84. The van der Waals surface area contributed by atoms with Crippen molar-refractivity contribution in [2.75, 3.05) is 53.1 Å². The number of benzene rings is 1. The molecule has 246 valence electrons. The van der Waals surface area contributed by atoms with E-state index in [1.807, 2.05) is 12.1 Å². The van der Waals surface area contributed by atoms with Crippen molar-refractivity contribution in [3.63, 3.8) is 0 Å². The van der Waals surface area contributed by atoms with Gasteiger partial charge < -0.3 is 29.7 Å². The molecule has 0 saturated heterocycles. The molecule has 2 N–H and O–H groups in total. The summed E-state index contributed by atoms with van der Waals surface area (Å²) in [5, 5.41) is 7.95. The van der Waals surface area contributed by atoms with Crippen LogP contribution >= 0.6 is 11.3 Å². The zero-order valence-corrected chi connectivity index (χ0v) is 27.0. The lowest BCUT2D eigenvalue weighted by atomic mass is 9.78. The van der Waals surface area contributed by atoms with Crippen molar-refractivity contribution < 1.29 is 33.4 Å². The fourth-order valence-corrected chi connectivity index (χ4v) is 5.75. The number of carbonyl (C=O) groups is 4. The van der Waals surface area contributed by atoms with Crippen LogP contribution in [0.5, 0.6) is 5.75 Å². The first-order chi connectivity index (χ1) is 22.3. The van der Waals surface area contributed by atoms with Gasteiger partial charge in [0.2, 0.25) is 5.91 Å². The number of nitrogens with one attached hydrogen (secondary N) is 2. The second-order valence-electron chi connectivity index (χ2n) is 10.8. The first-order valence-corrected chi connectivity index (χ1v) is 16.1. The molecule has 2 aliphatic heterocycles. The second-order valence-corrected chi connectivity index (χ2v) is 11.7. The molecule has 3 aromatic rings. The maximum Gasteiger partial charge on any atom is 0.314 e. The van der Waals surface area contributed by atoms with Crippen LogP contribution in [0.25, 0.3) is 10.8 Å². The highest BCUT2D eigenvalue weighted by atomic mass is 32.1. The molecule has 0 radical (unpaired) electrons. The fraction of sp³-hybridized carbons (Fsp3) is 0.469. The van der Waals surface area contributed by atoms with Gasteiger partial charge in [0.25, 0.3) is 11.8 Å². The highest BCUT2D eigenvalue weighted by Gasteiger charge is 2.40. The van der Waals surface area contributed by atoms with Crippen molar-refractivity contribution in [3.8, 4) is 16.6 Å². The number of nitrogens with zero attached hydrogens (tertiary/aromatic N) is 4. The highest BCUT2D eigenvalue weighted by Crippen LogP contribution is 2.30. The van der Waals surface area contributed by atoms with E-state index in [1.54, 1.807) is 54.9 Å². The summed E-state index contributed by atoms with van der Waals surface area (Å²) in [6.45, 7) is 3.07. The molecule has 14 heteroatoms. The van der Waals surface area contributed by atoms with E-state index in [9.17, 15) is 19.2 Å². The van der Waals surface area contributed by atoms with Gasteiger partial charge in [-0.2, -0.15) is 0 Å². The molecular weight excluding hydrogens is 612 g/mol. The Balaban J connectivity index is 1.52. The minimum atomic E-state index is -1.07. The Labute approximate surface area is 272 Å². The van der Waals surface area contributed by atoms with E-state index in [4.69, 9.17) is 14.2 Å². The summed E-state index contributed by atoms with van der Waals surface area (Å²) in [7, 11) is 1.56. The lowest BCUT2D eigenvalue weighted by Gasteiger charge is -2.32. The van der Waals surface area contributed by atoms with Gasteiger partial charge in [-0.15, -0.1) is 11.3 Å². The Hall–Kier alpha value is -4.43. The Morgan fingerprint density at radius 3 is 2.57 bits per heavy atom. The normalized spacial score (nSPS) is 18.6. The fourth-order valence-electron chi connectivity index (χ4n) is 5.01. The predicted molar refractivity (Wildman–Crippen MR) is 170 cm³/mol. The zero-order chi connectivity index (χ0) is 32.8. The molecular formula is C32H40N6O7S. The van der Waals surface area contributed by atoms with Crippen molar-refractivity contribution in [3.05, 3.63) is 59.4 Å². The molecule has 0 saturated carbocycles. The number of amides is 3. The van der Waals surface area contributed by atoms with Gasteiger partial charge in [-0.1, -0.05) is 12.1 Å². The van der Waals surface area contributed by atoms with Crippen LogP contribution in [0.2, 0.25) is 0 Å². The Morgan fingerprint density at radius 2 is 1.83 bits per heavy atom. The third-order valence-electron chi connectivity index (χ3n) is 7.48. The van der Waals surface area contributed by atoms with Crippen LogP contribution in [-0.4, -0.2) is 96.7 Å². The van der Waals surface area contributed by atoms with Gasteiger partial charge in [0.15, 0.2) is 17.4 Å². The summed E-state index contributed by atoms with van der Waals surface area (Å²) < 4.78 is 16.5. The van der Waals surface area contributed by atoms with Crippen LogP contribution in [0.3, 0.4) is 0 Å². The zero-order valence-electron chi connectivity index (χ0n) is 26.2.